The van der Waals surface area contributed by atoms with Crippen molar-refractivity contribution < 1.29 is 43.2 Å². The average molecular weight is 610 g/mol. The molecule has 8 nitrogen and oxygen atoms in total. The van der Waals surface area contributed by atoms with Gasteiger partial charge in [-0.2, -0.15) is 0 Å². The average Bonchev–Trinajstić information content (AvgIpc) is 3.69. The van der Waals surface area contributed by atoms with Crippen LogP contribution in [0.1, 0.15) is 56.1 Å². The summed E-state index contributed by atoms with van der Waals surface area (Å²) in [4.78, 5) is 25.8. The molecule has 1 aromatic carbocycles. The maximum Gasteiger partial charge on any atom is 0.193 e. The predicted molar refractivity (Wildman–Crippen MR) is 153 cm³/mol. The van der Waals surface area contributed by atoms with Gasteiger partial charge in [0, 0.05) is 41.2 Å². The van der Waals surface area contributed by atoms with Gasteiger partial charge in [-0.1, -0.05) is 37.3 Å². The fourth-order valence-corrected chi connectivity index (χ4v) is 9.47. The molecule has 1 saturated heterocycles. The van der Waals surface area contributed by atoms with Crippen molar-refractivity contribution in [2.45, 2.75) is 82.2 Å². The number of hydrogen-bond donors (Lipinski definition) is 3. The molecule has 44 heavy (non-hydrogen) atoms. The number of rotatable bonds is 6. The fourth-order valence-electron chi connectivity index (χ4n) is 9.47. The Morgan fingerprint density at radius 1 is 1.11 bits per heavy atom. The van der Waals surface area contributed by atoms with Crippen LogP contribution >= 0.6 is 0 Å². The Morgan fingerprint density at radius 2 is 1.86 bits per heavy atom. The van der Waals surface area contributed by atoms with Crippen molar-refractivity contribution in [2.24, 2.45) is 22.7 Å². The molecule has 0 unspecified atom stereocenters. The van der Waals surface area contributed by atoms with E-state index in [0.29, 0.717) is 12.1 Å². The Labute approximate surface area is 254 Å². The minimum atomic E-state index is -2.30. The molecule has 1 aliphatic heterocycles. The summed E-state index contributed by atoms with van der Waals surface area (Å²) in [5, 5.41) is 31.5. The van der Waals surface area contributed by atoms with Gasteiger partial charge in [-0.25, -0.2) is 8.78 Å². The lowest BCUT2D eigenvalue weighted by atomic mass is 9.44. The number of halogens is 2. The van der Waals surface area contributed by atoms with E-state index in [1.54, 1.807) is 6.92 Å². The molecule has 3 N–H and O–H groups in total. The molecular formula is C34H37F2NO7. The summed E-state index contributed by atoms with van der Waals surface area (Å²) in [6.07, 6.45) is 2.14. The van der Waals surface area contributed by atoms with E-state index in [1.807, 2.05) is 47.3 Å². The van der Waals surface area contributed by atoms with Gasteiger partial charge in [-0.05, 0) is 67.0 Å². The number of aliphatic hydroxyl groups is 3. The van der Waals surface area contributed by atoms with Crippen LogP contribution in [-0.4, -0.2) is 67.7 Å². The predicted octanol–water partition coefficient (Wildman–Crippen LogP) is 3.67. The number of aromatic nitrogens is 1. The lowest BCUT2D eigenvalue weighted by molar-refractivity contribution is -0.235. The topological polar surface area (TPSA) is 118 Å². The van der Waals surface area contributed by atoms with Crippen LogP contribution < -0.4 is 0 Å². The number of nitrogens with zero attached hydrogens (tertiary/aromatic N) is 1. The summed E-state index contributed by atoms with van der Waals surface area (Å²) in [5.74, 6) is -2.65. The van der Waals surface area contributed by atoms with Crippen molar-refractivity contribution in [1.29, 1.82) is 0 Å². The first-order chi connectivity index (χ1) is 20.9. The van der Waals surface area contributed by atoms with Crippen LogP contribution in [0.5, 0.6) is 0 Å². The summed E-state index contributed by atoms with van der Waals surface area (Å²) < 4.78 is 48.2. The lowest BCUT2D eigenvalue weighted by Crippen LogP contribution is -2.70. The molecule has 234 valence electrons. The number of aliphatic hydroxyl groups excluding tert-OH is 3. The highest BCUT2D eigenvalue weighted by atomic mass is 19.1. The number of benzene rings is 1. The van der Waals surface area contributed by atoms with E-state index in [4.69, 9.17) is 9.47 Å². The van der Waals surface area contributed by atoms with Gasteiger partial charge in [-0.15, -0.1) is 0 Å². The summed E-state index contributed by atoms with van der Waals surface area (Å²) in [7, 11) is 0. The number of allylic oxidation sites excluding steroid dienone is 4. The van der Waals surface area contributed by atoms with Crippen LogP contribution in [0.4, 0.5) is 8.78 Å². The first kappa shape index (κ1) is 29.7. The van der Waals surface area contributed by atoms with Crippen LogP contribution in [0, 0.1) is 22.7 Å². The maximum atomic E-state index is 17.5. The summed E-state index contributed by atoms with van der Waals surface area (Å²) in [6.45, 7) is 2.85. The fraction of sp³-hybridized carbons (Fsp3) is 0.529. The molecule has 10 atom stereocenters. The van der Waals surface area contributed by atoms with E-state index >= 15 is 8.78 Å². The number of carbonyl (C=O) groups excluding carboxylic acids is 2. The van der Waals surface area contributed by atoms with Gasteiger partial charge in [-0.3, -0.25) is 9.59 Å². The first-order valence-corrected chi connectivity index (χ1v) is 15.2. The molecular weight excluding hydrogens is 572 g/mol. The number of carbonyl (C=O) groups is 2. The van der Waals surface area contributed by atoms with Crippen molar-refractivity contribution >= 4 is 11.6 Å². The summed E-state index contributed by atoms with van der Waals surface area (Å²) in [6, 6.07) is 9.36. The van der Waals surface area contributed by atoms with E-state index in [1.165, 1.54) is 19.1 Å². The molecule has 3 saturated carbocycles. The number of fused-ring (bicyclic) bond motifs is 7. The number of Topliss-reactive ketones (excluding diaryl/α,β-unsaturated/α-hetero) is 1. The van der Waals surface area contributed by atoms with Gasteiger partial charge in [0.1, 0.15) is 12.8 Å². The van der Waals surface area contributed by atoms with Crippen molar-refractivity contribution in [2.75, 3.05) is 6.61 Å². The highest BCUT2D eigenvalue weighted by molar-refractivity contribution is 6.01. The van der Waals surface area contributed by atoms with Crippen molar-refractivity contribution in [3.8, 4) is 0 Å². The Bertz CT molecular complexity index is 1590. The Hall–Kier alpha value is -3.02. The third-order valence-electron chi connectivity index (χ3n) is 11.6. The van der Waals surface area contributed by atoms with Crippen LogP contribution in [0.25, 0.3) is 0 Å². The molecule has 7 rings (SSSR count). The minimum absolute atomic E-state index is 0.0319. The molecule has 1 aromatic heterocycles. The molecule has 0 spiro atoms. The van der Waals surface area contributed by atoms with Gasteiger partial charge in [0.2, 0.25) is 0 Å². The van der Waals surface area contributed by atoms with Crippen molar-refractivity contribution in [1.82, 2.24) is 4.57 Å². The van der Waals surface area contributed by atoms with E-state index in [0.717, 1.165) is 17.2 Å². The van der Waals surface area contributed by atoms with E-state index < -0.39 is 76.8 Å². The van der Waals surface area contributed by atoms with Crippen LogP contribution in [0.3, 0.4) is 0 Å². The van der Waals surface area contributed by atoms with Gasteiger partial charge in [0.15, 0.2) is 29.1 Å². The van der Waals surface area contributed by atoms with E-state index in [2.05, 4.69) is 0 Å². The zero-order chi connectivity index (χ0) is 31.2. The second-order valence-corrected chi connectivity index (χ2v) is 13.5. The normalized spacial score (nSPS) is 42.3. The van der Waals surface area contributed by atoms with Crippen molar-refractivity contribution in [3.63, 3.8) is 0 Å². The largest absolute Gasteiger partial charge is 0.392 e. The van der Waals surface area contributed by atoms with E-state index in [9.17, 15) is 24.9 Å². The monoisotopic (exact) mass is 609 g/mol. The quantitative estimate of drug-likeness (QED) is 0.458. The zero-order valence-electron chi connectivity index (χ0n) is 24.7. The third-order valence-corrected chi connectivity index (χ3v) is 11.6. The second-order valence-electron chi connectivity index (χ2n) is 13.5. The lowest BCUT2D eigenvalue weighted by Gasteiger charge is -2.63. The highest BCUT2D eigenvalue weighted by Crippen LogP contribution is 2.72. The van der Waals surface area contributed by atoms with Gasteiger partial charge < -0.3 is 29.4 Å². The third kappa shape index (κ3) is 3.72. The molecule has 4 aliphatic carbocycles. The summed E-state index contributed by atoms with van der Waals surface area (Å²) >= 11 is 0. The zero-order valence-corrected chi connectivity index (χ0v) is 24.7. The van der Waals surface area contributed by atoms with Crippen LogP contribution in [0.2, 0.25) is 0 Å². The maximum absolute atomic E-state index is 17.5. The molecule has 5 aliphatic rings. The SMILES string of the molecule is C[C@]12C=CC(=O)C=C1[C@@H](F)C[C@H]1[C@@H]3C[C@H]4O[C@@H](c5ccn(Cc6ccccc6CO)c5)O[C@@]4(C(=O)CO)[C@@]3(C)C[C@H](O)[C@@]12F. The highest BCUT2D eigenvalue weighted by Gasteiger charge is 2.80. The number of ketones is 2. The standard InChI is InChI=1S/C34H37F2NO7/c1-31-9-7-22(40)11-25(31)26(35)12-24-23-13-29-34(28(42)18-39,32(23,2)14-27(41)33(24,31)36)44-30(43-29)20-8-10-37(16-20)15-19-5-3-4-6-21(19)17-38/h3-11,16,23-24,26-27,29-30,38-39,41H,12-15,17-18H2,1-2H3/t23-,24-,26-,27-,29+,30+,31-,32-,33-,34+/m0/s1. The Kier molecular flexibility index (Phi) is 6.74. The van der Waals surface area contributed by atoms with E-state index in [-0.39, 0.29) is 31.4 Å². The second kappa shape index (κ2) is 9.99. The molecule has 2 heterocycles. The van der Waals surface area contributed by atoms with Crippen LogP contribution in [0.15, 0.2) is 66.5 Å². The molecule has 0 bridgehead atoms. The molecule has 0 amide bonds. The first-order valence-electron chi connectivity index (χ1n) is 15.2. The number of ether oxygens (including phenoxy) is 2. The number of alkyl halides is 2. The molecule has 0 radical (unpaired) electrons. The number of hydrogen-bond acceptors (Lipinski definition) is 7. The summed E-state index contributed by atoms with van der Waals surface area (Å²) in [5.41, 5.74) is -4.29. The molecule has 4 fully saturated rings. The van der Waals surface area contributed by atoms with Gasteiger partial charge >= 0.3 is 0 Å². The van der Waals surface area contributed by atoms with Crippen molar-refractivity contribution in [3.05, 3.63) is 83.2 Å². The van der Waals surface area contributed by atoms with Crippen LogP contribution in [-0.2, 0) is 32.2 Å². The minimum Gasteiger partial charge on any atom is -0.392 e. The van der Waals surface area contributed by atoms with Gasteiger partial charge in [0.05, 0.1) is 18.8 Å². The smallest absolute Gasteiger partial charge is 0.193 e. The Balaban J connectivity index is 1.22. The Morgan fingerprint density at radius 3 is 2.59 bits per heavy atom. The van der Waals surface area contributed by atoms with Gasteiger partial charge in [0.25, 0.3) is 0 Å². The molecule has 10 heteroatoms. The molecule has 2 aromatic rings.